The molecule has 0 aliphatic heterocycles. The quantitative estimate of drug-likeness (QED) is 0.426. The van der Waals surface area contributed by atoms with Gasteiger partial charge >= 0.3 is 0 Å². The number of methoxy groups -OCH3 is 1. The second-order valence-corrected chi connectivity index (χ2v) is 12.5. The largest absolute Gasteiger partial charge is 0.497 e. The molecule has 2 rings (SSSR count). The minimum atomic E-state index is -3.56. The van der Waals surface area contributed by atoms with E-state index in [1.807, 2.05) is 45.0 Å². The van der Waals surface area contributed by atoms with Gasteiger partial charge in [0.2, 0.25) is 21.8 Å². The van der Waals surface area contributed by atoms with Crippen molar-refractivity contribution in [2.75, 3.05) is 24.2 Å². The third-order valence-electron chi connectivity index (χ3n) is 5.42. The normalized spacial score (nSPS) is 12.5. The Bertz CT molecular complexity index is 1150. The number of rotatable bonds is 11. The molecular weight excluding hydrogens is 546 g/mol. The van der Waals surface area contributed by atoms with Gasteiger partial charge in [0.05, 0.1) is 19.1 Å². The van der Waals surface area contributed by atoms with Crippen LogP contribution in [0.5, 0.6) is 5.75 Å². The van der Waals surface area contributed by atoms with Gasteiger partial charge in [-0.15, -0.1) is 0 Å². The Kier molecular flexibility index (Phi) is 10.4. The Balaban J connectivity index is 2.18. The lowest BCUT2D eigenvalue weighted by Gasteiger charge is -2.32. The van der Waals surface area contributed by atoms with Crippen LogP contribution in [0.15, 0.2) is 53.0 Å². The predicted octanol–water partition coefficient (Wildman–Crippen LogP) is 4.34. The van der Waals surface area contributed by atoms with Crippen LogP contribution in [0.2, 0.25) is 0 Å². The fourth-order valence-corrected chi connectivity index (χ4v) is 5.05. The van der Waals surface area contributed by atoms with Gasteiger partial charge in [0.1, 0.15) is 11.8 Å². The number of amides is 2. The first-order chi connectivity index (χ1) is 16.7. The van der Waals surface area contributed by atoms with Gasteiger partial charge < -0.3 is 15.0 Å². The molecule has 1 unspecified atom stereocenters. The first-order valence-electron chi connectivity index (χ1n) is 11.7. The molecular formula is C26H36BrN3O5S. The van der Waals surface area contributed by atoms with Crippen molar-refractivity contribution >= 4 is 43.5 Å². The van der Waals surface area contributed by atoms with Gasteiger partial charge in [-0.05, 0) is 76.1 Å². The third-order valence-corrected chi connectivity index (χ3v) is 7.11. The van der Waals surface area contributed by atoms with Crippen LogP contribution < -0.4 is 14.4 Å². The average molecular weight is 583 g/mol. The van der Waals surface area contributed by atoms with Gasteiger partial charge in [0.25, 0.3) is 0 Å². The van der Waals surface area contributed by atoms with Crippen molar-refractivity contribution in [1.29, 1.82) is 0 Å². The number of hydrogen-bond donors (Lipinski definition) is 1. The molecule has 36 heavy (non-hydrogen) atoms. The molecule has 1 atom stereocenters. The third kappa shape index (κ3) is 9.13. The lowest BCUT2D eigenvalue weighted by atomic mass is 10.1. The van der Waals surface area contributed by atoms with E-state index in [4.69, 9.17) is 4.74 Å². The minimum Gasteiger partial charge on any atom is -0.497 e. The number of hydrogen-bond acceptors (Lipinski definition) is 5. The summed E-state index contributed by atoms with van der Waals surface area (Å²) in [5.41, 5.74) is 0.934. The molecule has 8 nitrogen and oxygen atoms in total. The highest BCUT2D eigenvalue weighted by Gasteiger charge is 2.28. The first-order valence-corrected chi connectivity index (χ1v) is 14.3. The Morgan fingerprint density at radius 1 is 1.11 bits per heavy atom. The Morgan fingerprint density at radius 2 is 1.75 bits per heavy atom. The highest BCUT2D eigenvalue weighted by molar-refractivity contribution is 9.10. The summed E-state index contributed by atoms with van der Waals surface area (Å²) in [7, 11) is -2.02. The molecule has 2 aromatic carbocycles. The summed E-state index contributed by atoms with van der Waals surface area (Å²) in [6.07, 6.45) is 1.52. The maximum Gasteiger partial charge on any atom is 0.242 e. The molecule has 0 spiro atoms. The van der Waals surface area contributed by atoms with Crippen LogP contribution in [0.1, 0.15) is 46.1 Å². The summed E-state index contributed by atoms with van der Waals surface area (Å²) in [4.78, 5) is 27.8. The molecule has 0 aliphatic carbocycles. The number of carbonyl (C=O) groups excluding carboxylic acids is 2. The highest BCUT2D eigenvalue weighted by Crippen LogP contribution is 2.22. The summed E-state index contributed by atoms with van der Waals surface area (Å²) in [5, 5.41) is 2.94. The molecule has 0 fully saturated rings. The Labute approximate surface area is 223 Å². The molecule has 2 amide bonds. The van der Waals surface area contributed by atoms with Gasteiger partial charge in [0.15, 0.2) is 0 Å². The van der Waals surface area contributed by atoms with E-state index in [0.29, 0.717) is 17.9 Å². The summed E-state index contributed by atoms with van der Waals surface area (Å²) in [6, 6.07) is 13.6. The van der Waals surface area contributed by atoms with Crippen molar-refractivity contribution in [2.45, 2.75) is 58.7 Å². The zero-order valence-corrected chi connectivity index (χ0v) is 24.1. The predicted molar refractivity (Wildman–Crippen MR) is 146 cm³/mol. The lowest BCUT2D eigenvalue weighted by Crippen LogP contribution is -2.52. The summed E-state index contributed by atoms with van der Waals surface area (Å²) < 4.78 is 32.2. The molecule has 0 saturated heterocycles. The summed E-state index contributed by atoms with van der Waals surface area (Å²) in [6.45, 7) is 7.75. The van der Waals surface area contributed by atoms with Crippen LogP contribution in [-0.2, 0) is 26.2 Å². The van der Waals surface area contributed by atoms with Gasteiger partial charge in [-0.25, -0.2) is 8.42 Å². The maximum atomic E-state index is 13.3. The molecule has 10 heteroatoms. The summed E-state index contributed by atoms with van der Waals surface area (Å²) >= 11 is 3.45. The number of anilines is 1. The van der Waals surface area contributed by atoms with Crippen molar-refractivity contribution in [2.24, 2.45) is 0 Å². The second-order valence-electron chi connectivity index (χ2n) is 9.70. The monoisotopic (exact) mass is 581 g/mol. The number of halogens is 1. The molecule has 0 saturated carbocycles. The Morgan fingerprint density at radius 3 is 2.28 bits per heavy atom. The molecule has 0 aromatic heterocycles. The van der Waals surface area contributed by atoms with Crippen LogP contribution in [0, 0.1) is 0 Å². The SMILES string of the molecule is COc1ccc(N(CCCC(=O)N(Cc2cccc(Br)c2)C(C)C(=O)NC(C)(C)C)S(C)(=O)=O)cc1. The molecule has 2 aromatic rings. The van der Waals surface area contributed by atoms with E-state index < -0.39 is 21.6 Å². The van der Waals surface area contributed by atoms with Crippen LogP contribution in [0.3, 0.4) is 0 Å². The average Bonchev–Trinajstić information content (AvgIpc) is 2.78. The number of nitrogens with one attached hydrogen (secondary N) is 1. The summed E-state index contributed by atoms with van der Waals surface area (Å²) in [5.74, 6) is 0.143. The molecule has 0 bridgehead atoms. The van der Waals surface area contributed by atoms with Crippen molar-refractivity contribution < 1.29 is 22.7 Å². The van der Waals surface area contributed by atoms with E-state index in [1.165, 1.54) is 11.4 Å². The fourth-order valence-electron chi connectivity index (χ4n) is 3.64. The van der Waals surface area contributed by atoms with Crippen molar-refractivity contribution in [3.8, 4) is 5.75 Å². The maximum absolute atomic E-state index is 13.3. The van der Waals surface area contributed by atoms with Gasteiger partial charge in [0, 0.05) is 29.5 Å². The lowest BCUT2D eigenvalue weighted by molar-refractivity contribution is -0.141. The molecule has 0 aliphatic rings. The van der Waals surface area contributed by atoms with Crippen molar-refractivity contribution in [1.82, 2.24) is 10.2 Å². The number of carbonyl (C=O) groups is 2. The van der Waals surface area contributed by atoms with Crippen LogP contribution in [-0.4, -0.2) is 56.6 Å². The zero-order valence-electron chi connectivity index (χ0n) is 21.7. The number of benzene rings is 2. The van der Waals surface area contributed by atoms with Crippen molar-refractivity contribution in [3.05, 3.63) is 58.6 Å². The van der Waals surface area contributed by atoms with Gasteiger partial charge in [-0.2, -0.15) is 0 Å². The van der Waals surface area contributed by atoms with Gasteiger partial charge in [-0.3, -0.25) is 13.9 Å². The smallest absolute Gasteiger partial charge is 0.242 e. The zero-order chi connectivity index (χ0) is 27.1. The Hall–Kier alpha value is -2.59. The van der Waals surface area contributed by atoms with E-state index in [9.17, 15) is 18.0 Å². The molecule has 1 N–H and O–H groups in total. The van der Waals surface area contributed by atoms with E-state index >= 15 is 0 Å². The number of ether oxygens (including phenoxy) is 1. The van der Waals surface area contributed by atoms with Crippen LogP contribution >= 0.6 is 15.9 Å². The minimum absolute atomic E-state index is 0.0866. The fraction of sp³-hybridized carbons (Fsp3) is 0.462. The molecule has 198 valence electrons. The topological polar surface area (TPSA) is 96.0 Å². The van der Waals surface area contributed by atoms with E-state index in [-0.39, 0.29) is 31.3 Å². The van der Waals surface area contributed by atoms with E-state index in [1.54, 1.807) is 36.1 Å². The van der Waals surface area contributed by atoms with Crippen LogP contribution in [0.4, 0.5) is 5.69 Å². The number of nitrogens with zero attached hydrogens (tertiary/aromatic N) is 2. The molecule has 0 heterocycles. The second kappa shape index (κ2) is 12.6. The van der Waals surface area contributed by atoms with Gasteiger partial charge in [-0.1, -0.05) is 28.1 Å². The number of sulfonamides is 1. The highest BCUT2D eigenvalue weighted by atomic mass is 79.9. The van der Waals surface area contributed by atoms with Crippen LogP contribution in [0.25, 0.3) is 0 Å². The first kappa shape index (κ1) is 29.6. The molecule has 0 radical (unpaired) electrons. The van der Waals surface area contributed by atoms with Crippen molar-refractivity contribution in [3.63, 3.8) is 0 Å². The van der Waals surface area contributed by atoms with E-state index in [2.05, 4.69) is 21.2 Å². The van der Waals surface area contributed by atoms with E-state index in [0.717, 1.165) is 16.3 Å². The standard InChI is InChI=1S/C26H36BrN3O5S/c1-19(25(32)28-26(2,3)4)29(18-20-9-7-10-21(27)17-20)24(31)11-8-16-30(36(6,33)34)22-12-14-23(35-5)15-13-22/h7,9-10,12-15,17,19H,8,11,16,18H2,1-6H3,(H,28,32).